The van der Waals surface area contributed by atoms with Gasteiger partial charge in [-0.1, -0.05) is 18.2 Å². The van der Waals surface area contributed by atoms with Crippen molar-refractivity contribution in [2.45, 2.75) is 51.7 Å². The Kier molecular flexibility index (Phi) is 4.43. The molecular weight excluding hydrogens is 376 g/mol. The first-order chi connectivity index (χ1) is 14.0. The normalized spacial score (nSPS) is 21.5. The summed E-state index contributed by atoms with van der Waals surface area (Å²) < 4.78 is 2.51. The molecule has 1 saturated heterocycles. The summed E-state index contributed by atoms with van der Waals surface area (Å²) in [6, 6.07) is 17.8. The molecule has 5 heteroatoms. The van der Waals surface area contributed by atoms with E-state index in [4.69, 9.17) is 12.2 Å². The van der Waals surface area contributed by atoms with Crippen LogP contribution in [0.25, 0.3) is 0 Å². The fourth-order valence-corrected chi connectivity index (χ4v) is 5.07. The van der Waals surface area contributed by atoms with Gasteiger partial charge < -0.3 is 14.8 Å². The lowest BCUT2D eigenvalue weighted by Crippen LogP contribution is -2.29. The van der Waals surface area contributed by atoms with E-state index in [2.05, 4.69) is 76.9 Å². The van der Waals surface area contributed by atoms with Crippen LogP contribution in [0.5, 0.6) is 0 Å². The number of hydrogen-bond acceptors (Lipinski definition) is 2. The molecule has 1 saturated carbocycles. The first-order valence-corrected chi connectivity index (χ1v) is 10.7. The van der Waals surface area contributed by atoms with E-state index in [0.29, 0.717) is 6.04 Å². The smallest absolute Gasteiger partial charge is 0.174 e. The molecular formula is C24H26N4S. The van der Waals surface area contributed by atoms with Gasteiger partial charge in [0.2, 0.25) is 0 Å². The van der Waals surface area contributed by atoms with E-state index in [1.165, 1.54) is 35.4 Å². The van der Waals surface area contributed by atoms with Crippen LogP contribution in [0.4, 0.5) is 5.69 Å². The number of rotatable bonds is 4. The highest BCUT2D eigenvalue weighted by Gasteiger charge is 2.42. The van der Waals surface area contributed by atoms with Crippen molar-refractivity contribution in [1.29, 1.82) is 0 Å². The van der Waals surface area contributed by atoms with Crippen LogP contribution in [0, 0.1) is 20.8 Å². The average molecular weight is 403 g/mol. The van der Waals surface area contributed by atoms with Gasteiger partial charge in [-0.05, 0) is 87.3 Å². The Balaban J connectivity index is 1.67. The molecule has 2 atom stereocenters. The van der Waals surface area contributed by atoms with Crippen LogP contribution >= 0.6 is 12.2 Å². The summed E-state index contributed by atoms with van der Waals surface area (Å²) in [4.78, 5) is 6.95. The van der Waals surface area contributed by atoms with E-state index in [9.17, 15) is 0 Å². The quantitative estimate of drug-likeness (QED) is 0.599. The summed E-state index contributed by atoms with van der Waals surface area (Å²) in [5.41, 5.74) is 7.39. The largest absolute Gasteiger partial charge is 0.351 e. The van der Waals surface area contributed by atoms with E-state index in [0.717, 1.165) is 16.5 Å². The Hall–Kier alpha value is -2.66. The second-order valence-corrected chi connectivity index (χ2v) is 8.65. The SMILES string of the molecule is Cc1cccc(N2C(=S)N[C@H](c3ccccn3)[C@@H]2c2cc(C)n(C3CC3)c2C)c1. The van der Waals surface area contributed by atoms with Crippen LogP contribution in [0.3, 0.4) is 0 Å². The second-order valence-electron chi connectivity index (χ2n) is 8.26. The molecule has 0 unspecified atom stereocenters. The molecule has 148 valence electrons. The van der Waals surface area contributed by atoms with Crippen molar-refractivity contribution >= 4 is 23.0 Å². The number of thiocarbonyl (C=S) groups is 1. The third-order valence-corrected chi connectivity index (χ3v) is 6.45. The summed E-state index contributed by atoms with van der Waals surface area (Å²) in [6.07, 6.45) is 4.42. The topological polar surface area (TPSA) is 33.1 Å². The Morgan fingerprint density at radius 2 is 1.86 bits per heavy atom. The number of aryl methyl sites for hydroxylation is 2. The van der Waals surface area contributed by atoms with Crippen LogP contribution in [-0.4, -0.2) is 14.7 Å². The minimum Gasteiger partial charge on any atom is -0.351 e. The van der Waals surface area contributed by atoms with E-state index in [-0.39, 0.29) is 12.1 Å². The lowest BCUT2D eigenvalue weighted by molar-refractivity contribution is 0.562. The first-order valence-electron chi connectivity index (χ1n) is 10.3. The summed E-state index contributed by atoms with van der Waals surface area (Å²) >= 11 is 5.85. The molecule has 2 aromatic heterocycles. The maximum absolute atomic E-state index is 5.85. The van der Waals surface area contributed by atoms with Gasteiger partial charge in [0.15, 0.2) is 5.11 Å². The van der Waals surface area contributed by atoms with Gasteiger partial charge in [-0.25, -0.2) is 0 Å². The molecule has 5 rings (SSSR count). The van der Waals surface area contributed by atoms with E-state index >= 15 is 0 Å². The minimum atomic E-state index is 0.0114. The van der Waals surface area contributed by atoms with E-state index in [1.54, 1.807) is 0 Å². The molecule has 4 nitrogen and oxygen atoms in total. The molecule has 0 amide bonds. The summed E-state index contributed by atoms with van der Waals surface area (Å²) in [7, 11) is 0. The zero-order valence-electron chi connectivity index (χ0n) is 17.1. The molecule has 0 radical (unpaired) electrons. The Morgan fingerprint density at radius 3 is 2.55 bits per heavy atom. The molecule has 29 heavy (non-hydrogen) atoms. The van der Waals surface area contributed by atoms with Crippen LogP contribution in [-0.2, 0) is 0 Å². The minimum absolute atomic E-state index is 0.0114. The van der Waals surface area contributed by atoms with Gasteiger partial charge in [0.1, 0.15) is 0 Å². The third-order valence-electron chi connectivity index (χ3n) is 6.13. The molecule has 3 heterocycles. The van der Waals surface area contributed by atoms with Crippen molar-refractivity contribution in [3.8, 4) is 0 Å². The van der Waals surface area contributed by atoms with Crippen LogP contribution in [0.15, 0.2) is 54.7 Å². The van der Waals surface area contributed by atoms with Crippen LogP contribution < -0.4 is 10.2 Å². The average Bonchev–Trinajstić information content (AvgIpc) is 3.42. The maximum atomic E-state index is 5.85. The van der Waals surface area contributed by atoms with Gasteiger partial charge in [0.25, 0.3) is 0 Å². The maximum Gasteiger partial charge on any atom is 0.174 e. The van der Waals surface area contributed by atoms with Crippen molar-refractivity contribution in [3.63, 3.8) is 0 Å². The number of aromatic nitrogens is 2. The lowest BCUT2D eigenvalue weighted by atomic mass is 9.96. The van der Waals surface area contributed by atoms with E-state index in [1.807, 2.05) is 18.3 Å². The second kappa shape index (κ2) is 6.99. The molecule has 1 aliphatic heterocycles. The van der Waals surface area contributed by atoms with Gasteiger partial charge in [0.05, 0.1) is 17.8 Å². The van der Waals surface area contributed by atoms with Gasteiger partial charge in [-0.15, -0.1) is 0 Å². The molecule has 1 aromatic carbocycles. The molecule has 2 aliphatic rings. The van der Waals surface area contributed by atoms with Crippen molar-refractivity contribution in [3.05, 3.63) is 82.9 Å². The van der Waals surface area contributed by atoms with Gasteiger partial charge in [-0.2, -0.15) is 0 Å². The predicted molar refractivity (Wildman–Crippen MR) is 121 cm³/mol. The number of nitrogens with zero attached hydrogens (tertiary/aromatic N) is 3. The van der Waals surface area contributed by atoms with Crippen LogP contribution in [0.2, 0.25) is 0 Å². The Bertz CT molecular complexity index is 1070. The first kappa shape index (κ1) is 18.4. The zero-order valence-corrected chi connectivity index (χ0v) is 17.9. The number of pyridine rings is 1. The number of hydrogen-bond donors (Lipinski definition) is 1. The van der Waals surface area contributed by atoms with Crippen molar-refractivity contribution in [2.24, 2.45) is 0 Å². The third kappa shape index (κ3) is 3.14. The number of nitrogens with one attached hydrogen (secondary N) is 1. The van der Waals surface area contributed by atoms with Gasteiger partial charge in [-0.3, -0.25) is 4.98 Å². The standard InChI is InChI=1S/C24H26N4S/c1-15-7-6-8-19(13-15)28-23(20-14-16(2)27(17(20)3)18-10-11-18)22(26-24(28)29)21-9-4-5-12-25-21/h4-9,12-14,18,22-23H,10-11H2,1-3H3,(H,26,29)/t22-,23+/m1/s1. The summed E-state index contributed by atoms with van der Waals surface area (Å²) in [5.74, 6) is 0. The lowest BCUT2D eigenvalue weighted by Gasteiger charge is -2.28. The molecule has 0 bridgehead atoms. The monoisotopic (exact) mass is 402 g/mol. The van der Waals surface area contributed by atoms with Crippen LogP contribution in [0.1, 0.15) is 59.2 Å². The molecule has 3 aromatic rings. The zero-order chi connectivity index (χ0) is 20.1. The predicted octanol–water partition coefficient (Wildman–Crippen LogP) is 5.32. The molecule has 0 spiro atoms. The summed E-state index contributed by atoms with van der Waals surface area (Å²) in [5, 5.41) is 4.33. The fraction of sp³-hybridized carbons (Fsp3) is 0.333. The van der Waals surface area contributed by atoms with E-state index < -0.39 is 0 Å². The number of anilines is 1. The van der Waals surface area contributed by atoms with Crippen molar-refractivity contribution < 1.29 is 0 Å². The van der Waals surface area contributed by atoms with Gasteiger partial charge in [0, 0.05) is 29.3 Å². The molecule has 1 aliphatic carbocycles. The highest BCUT2D eigenvalue weighted by Crippen LogP contribution is 2.46. The van der Waals surface area contributed by atoms with Gasteiger partial charge >= 0.3 is 0 Å². The number of benzene rings is 1. The summed E-state index contributed by atoms with van der Waals surface area (Å²) in [6.45, 7) is 6.61. The fourth-order valence-electron chi connectivity index (χ4n) is 4.72. The Morgan fingerprint density at radius 1 is 1.03 bits per heavy atom. The van der Waals surface area contributed by atoms with Crippen molar-refractivity contribution in [1.82, 2.24) is 14.9 Å². The molecule has 2 fully saturated rings. The molecule has 1 N–H and O–H groups in total. The highest BCUT2D eigenvalue weighted by molar-refractivity contribution is 7.80. The Labute approximate surface area is 177 Å². The van der Waals surface area contributed by atoms with Crippen molar-refractivity contribution in [2.75, 3.05) is 4.90 Å². The highest BCUT2D eigenvalue weighted by atomic mass is 32.1.